The summed E-state index contributed by atoms with van der Waals surface area (Å²) < 4.78 is 12.8. The molecule has 2 heterocycles. The van der Waals surface area contributed by atoms with Crippen LogP contribution in [0.2, 0.25) is 0 Å². The molecule has 1 N–H and O–H groups in total. The predicted molar refractivity (Wildman–Crippen MR) is 107 cm³/mol. The third-order valence-electron chi connectivity index (χ3n) is 4.52. The van der Waals surface area contributed by atoms with Crippen LogP contribution in [0.1, 0.15) is 27.9 Å². The van der Waals surface area contributed by atoms with Crippen LogP contribution in [0.3, 0.4) is 0 Å². The molecule has 0 unspecified atom stereocenters. The zero-order valence-corrected chi connectivity index (χ0v) is 16.3. The van der Waals surface area contributed by atoms with Gasteiger partial charge in [0.1, 0.15) is 11.6 Å². The van der Waals surface area contributed by atoms with Gasteiger partial charge in [-0.2, -0.15) is 4.98 Å². The molecule has 1 amide bonds. The Labute approximate surface area is 167 Å². The summed E-state index contributed by atoms with van der Waals surface area (Å²) in [6.07, 6.45) is 0. The van der Waals surface area contributed by atoms with Crippen molar-refractivity contribution in [1.29, 1.82) is 0 Å². The molecule has 0 atom stereocenters. The number of hydrogen-bond donors (Lipinski definition) is 1. The lowest BCUT2D eigenvalue weighted by molar-refractivity contribution is 0.0947. The number of para-hydroxylation sites is 3. The second-order valence-electron chi connectivity index (χ2n) is 6.57. The van der Waals surface area contributed by atoms with E-state index >= 15 is 0 Å². The quantitative estimate of drug-likeness (QED) is 0.520. The molecular formula is C21H21N5O3. The van der Waals surface area contributed by atoms with Crippen LogP contribution >= 0.6 is 0 Å². The predicted octanol–water partition coefficient (Wildman–Crippen LogP) is 3.05. The maximum Gasteiger partial charge on any atom is 0.255 e. The Hall–Kier alpha value is -3.68. The van der Waals surface area contributed by atoms with Gasteiger partial charge in [0.15, 0.2) is 6.61 Å². The van der Waals surface area contributed by atoms with Crippen LogP contribution in [0, 0.1) is 13.8 Å². The van der Waals surface area contributed by atoms with Crippen LogP contribution in [-0.2, 0) is 13.2 Å². The van der Waals surface area contributed by atoms with E-state index in [1.54, 1.807) is 25.1 Å². The second kappa shape index (κ2) is 8.14. The monoisotopic (exact) mass is 391 g/mol. The Balaban J connectivity index is 1.40. The third-order valence-corrected chi connectivity index (χ3v) is 4.52. The first-order chi connectivity index (χ1) is 14.1. The zero-order chi connectivity index (χ0) is 20.2. The zero-order valence-electron chi connectivity index (χ0n) is 16.3. The molecule has 0 fully saturated rings. The Morgan fingerprint density at radius 1 is 1.10 bits per heavy atom. The van der Waals surface area contributed by atoms with E-state index in [0.717, 1.165) is 16.9 Å². The Morgan fingerprint density at radius 3 is 2.72 bits per heavy atom. The summed E-state index contributed by atoms with van der Waals surface area (Å²) in [4.78, 5) is 21.3. The van der Waals surface area contributed by atoms with Crippen LogP contribution in [0.4, 0.5) is 0 Å². The number of benzene rings is 2. The number of nitrogens with zero attached hydrogens (tertiary/aromatic N) is 4. The minimum absolute atomic E-state index is 0.127. The molecule has 0 saturated heterocycles. The number of amides is 1. The van der Waals surface area contributed by atoms with E-state index in [2.05, 4.69) is 25.0 Å². The van der Waals surface area contributed by atoms with E-state index in [-0.39, 0.29) is 12.5 Å². The number of aromatic nitrogens is 4. The molecule has 2 aromatic carbocycles. The minimum atomic E-state index is -0.202. The molecule has 0 spiro atoms. The number of rotatable bonds is 7. The van der Waals surface area contributed by atoms with Gasteiger partial charge in [-0.3, -0.25) is 4.79 Å². The summed E-state index contributed by atoms with van der Waals surface area (Å²) in [6.45, 7) is 4.90. The van der Waals surface area contributed by atoms with Crippen molar-refractivity contribution in [2.24, 2.45) is 0 Å². The molecule has 0 aliphatic carbocycles. The fourth-order valence-electron chi connectivity index (χ4n) is 3.18. The van der Waals surface area contributed by atoms with Crippen LogP contribution in [0.15, 0.2) is 53.1 Å². The van der Waals surface area contributed by atoms with Crippen LogP contribution in [0.5, 0.6) is 5.75 Å². The van der Waals surface area contributed by atoms with Gasteiger partial charge in [-0.1, -0.05) is 29.4 Å². The van der Waals surface area contributed by atoms with Gasteiger partial charge in [0, 0.05) is 20.0 Å². The minimum Gasteiger partial charge on any atom is -0.485 e. The lowest BCUT2D eigenvalue weighted by Gasteiger charge is -2.12. The van der Waals surface area contributed by atoms with Crippen LogP contribution < -0.4 is 10.1 Å². The average molecular weight is 391 g/mol. The maximum absolute atomic E-state index is 12.7. The first-order valence-electron chi connectivity index (χ1n) is 9.33. The number of nitrogens with one attached hydrogen (secondary N) is 1. The van der Waals surface area contributed by atoms with E-state index in [0.29, 0.717) is 36.1 Å². The highest BCUT2D eigenvalue weighted by molar-refractivity contribution is 5.96. The van der Waals surface area contributed by atoms with E-state index in [4.69, 9.17) is 9.26 Å². The summed E-state index contributed by atoms with van der Waals surface area (Å²) in [6, 6.07) is 15.0. The average Bonchev–Trinajstić information content (AvgIpc) is 3.29. The molecule has 8 nitrogen and oxygen atoms in total. The number of fused-ring (bicyclic) bond motifs is 1. The highest BCUT2D eigenvalue weighted by Gasteiger charge is 2.14. The summed E-state index contributed by atoms with van der Waals surface area (Å²) >= 11 is 0. The smallest absolute Gasteiger partial charge is 0.255 e. The molecule has 8 heteroatoms. The number of ether oxygens (including phenoxy) is 1. The number of hydrogen-bond acceptors (Lipinski definition) is 6. The Bertz CT molecular complexity index is 1150. The summed E-state index contributed by atoms with van der Waals surface area (Å²) in [5.41, 5.74) is 2.46. The van der Waals surface area contributed by atoms with Crippen molar-refractivity contribution >= 4 is 16.9 Å². The highest BCUT2D eigenvalue weighted by atomic mass is 16.5. The SMILES string of the molecule is Cc1nc(COc2ccccc2C(=O)NCCn2c(C)nc3ccccc32)no1. The fourth-order valence-corrected chi connectivity index (χ4v) is 3.18. The number of imidazole rings is 1. The largest absolute Gasteiger partial charge is 0.485 e. The van der Waals surface area contributed by atoms with Gasteiger partial charge in [-0.05, 0) is 31.2 Å². The first-order valence-corrected chi connectivity index (χ1v) is 9.33. The van der Waals surface area contributed by atoms with E-state index < -0.39 is 0 Å². The van der Waals surface area contributed by atoms with E-state index in [9.17, 15) is 4.79 Å². The van der Waals surface area contributed by atoms with Gasteiger partial charge in [-0.15, -0.1) is 0 Å². The van der Waals surface area contributed by atoms with Gasteiger partial charge >= 0.3 is 0 Å². The molecule has 0 aliphatic rings. The summed E-state index contributed by atoms with van der Waals surface area (Å²) in [5, 5.41) is 6.75. The van der Waals surface area contributed by atoms with Crippen molar-refractivity contribution in [1.82, 2.24) is 25.0 Å². The summed E-state index contributed by atoms with van der Waals surface area (Å²) in [5.74, 6) is 2.08. The first kappa shape index (κ1) is 18.7. The number of carbonyl (C=O) groups is 1. The van der Waals surface area contributed by atoms with Crippen molar-refractivity contribution in [3.63, 3.8) is 0 Å². The standard InChI is InChI=1S/C21H21N5O3/c1-14-23-17-8-4-5-9-18(17)26(14)12-11-22-21(27)16-7-3-6-10-19(16)28-13-20-24-15(2)29-25-20/h3-10H,11-13H2,1-2H3,(H,22,27). The molecule has 4 rings (SSSR count). The van der Waals surface area contributed by atoms with Crippen molar-refractivity contribution in [2.45, 2.75) is 27.0 Å². The molecule has 29 heavy (non-hydrogen) atoms. The van der Waals surface area contributed by atoms with Gasteiger partial charge in [0.05, 0.1) is 16.6 Å². The van der Waals surface area contributed by atoms with Gasteiger partial charge in [0.2, 0.25) is 11.7 Å². The molecular weight excluding hydrogens is 370 g/mol. The Morgan fingerprint density at radius 2 is 1.90 bits per heavy atom. The number of aryl methyl sites for hydroxylation is 2. The van der Waals surface area contributed by atoms with Crippen molar-refractivity contribution in [3.05, 3.63) is 71.6 Å². The third kappa shape index (κ3) is 4.11. The fraction of sp³-hybridized carbons (Fsp3) is 0.238. The molecule has 4 aromatic rings. The van der Waals surface area contributed by atoms with E-state index in [1.165, 1.54) is 0 Å². The molecule has 0 radical (unpaired) electrons. The van der Waals surface area contributed by atoms with Crippen LogP contribution in [-0.4, -0.2) is 32.1 Å². The molecule has 0 bridgehead atoms. The number of carbonyl (C=O) groups excluding carboxylic acids is 1. The topological polar surface area (TPSA) is 95.1 Å². The lowest BCUT2D eigenvalue weighted by atomic mass is 10.2. The molecule has 0 aliphatic heterocycles. The van der Waals surface area contributed by atoms with Crippen molar-refractivity contribution < 1.29 is 14.1 Å². The molecule has 2 aromatic heterocycles. The van der Waals surface area contributed by atoms with Crippen molar-refractivity contribution in [2.75, 3.05) is 6.54 Å². The normalized spacial score (nSPS) is 11.0. The van der Waals surface area contributed by atoms with Crippen LogP contribution in [0.25, 0.3) is 11.0 Å². The maximum atomic E-state index is 12.7. The summed E-state index contributed by atoms with van der Waals surface area (Å²) in [7, 11) is 0. The van der Waals surface area contributed by atoms with Gasteiger partial charge in [0.25, 0.3) is 5.91 Å². The molecule has 148 valence electrons. The lowest BCUT2D eigenvalue weighted by Crippen LogP contribution is -2.28. The van der Waals surface area contributed by atoms with Gasteiger partial charge < -0.3 is 19.1 Å². The van der Waals surface area contributed by atoms with Gasteiger partial charge in [-0.25, -0.2) is 4.98 Å². The molecule has 0 saturated carbocycles. The van der Waals surface area contributed by atoms with E-state index in [1.807, 2.05) is 37.3 Å². The highest BCUT2D eigenvalue weighted by Crippen LogP contribution is 2.19. The van der Waals surface area contributed by atoms with Crippen molar-refractivity contribution in [3.8, 4) is 5.75 Å². The second-order valence-corrected chi connectivity index (χ2v) is 6.57. The Kier molecular flexibility index (Phi) is 5.24.